The van der Waals surface area contributed by atoms with Crippen LogP contribution in [-0.4, -0.2) is 75.2 Å². The molecule has 0 radical (unpaired) electrons. The third kappa shape index (κ3) is 12.6. The predicted octanol–water partition coefficient (Wildman–Crippen LogP) is 2.34. The SMILES string of the molecule is COC(=O)C(CC(=O)NCCCC(C)CNC(=O)CC(NC1CCCCC1)C(=O)OC)NC1CCCCC1. The first-order chi connectivity index (χ1) is 18.3. The fraction of sp³-hybridized carbons (Fsp3) is 0.857. The van der Waals surface area contributed by atoms with Gasteiger partial charge in [0.1, 0.15) is 12.1 Å². The molecule has 4 N–H and O–H groups in total. The number of hydrogen-bond acceptors (Lipinski definition) is 8. The summed E-state index contributed by atoms with van der Waals surface area (Å²) in [6, 6.07) is -0.753. The molecule has 10 nitrogen and oxygen atoms in total. The summed E-state index contributed by atoms with van der Waals surface area (Å²) in [5.41, 5.74) is 0. The molecule has 0 aromatic carbocycles. The Labute approximate surface area is 228 Å². The fourth-order valence-electron chi connectivity index (χ4n) is 5.40. The molecule has 218 valence electrons. The quantitative estimate of drug-likeness (QED) is 0.174. The van der Waals surface area contributed by atoms with Crippen molar-refractivity contribution in [1.29, 1.82) is 0 Å². The minimum Gasteiger partial charge on any atom is -0.468 e. The second-order valence-corrected chi connectivity index (χ2v) is 11.0. The zero-order valence-corrected chi connectivity index (χ0v) is 23.6. The molecule has 0 aliphatic heterocycles. The topological polar surface area (TPSA) is 135 Å². The third-order valence-corrected chi connectivity index (χ3v) is 7.68. The van der Waals surface area contributed by atoms with Crippen LogP contribution in [0.4, 0.5) is 0 Å². The minimum atomic E-state index is -0.630. The second-order valence-electron chi connectivity index (χ2n) is 11.0. The normalized spacial score (nSPS) is 19.1. The van der Waals surface area contributed by atoms with Gasteiger partial charge in [0.15, 0.2) is 0 Å². The van der Waals surface area contributed by atoms with E-state index in [0.29, 0.717) is 13.1 Å². The molecule has 2 aliphatic rings. The van der Waals surface area contributed by atoms with Crippen molar-refractivity contribution < 1.29 is 28.7 Å². The van der Waals surface area contributed by atoms with E-state index in [9.17, 15) is 19.2 Å². The summed E-state index contributed by atoms with van der Waals surface area (Å²) in [6.07, 6.45) is 12.8. The maximum Gasteiger partial charge on any atom is 0.323 e. The third-order valence-electron chi connectivity index (χ3n) is 7.68. The standard InChI is InChI=1S/C28H50N4O6/c1-20(19-30-26(34)18-24(28(36)38-3)32-22-14-8-5-9-15-22)11-10-16-29-25(33)17-23(27(35)37-2)31-21-12-6-4-7-13-21/h20-24,31-32H,4-19H2,1-3H3,(H,29,33)(H,30,34). The van der Waals surface area contributed by atoms with Crippen LogP contribution < -0.4 is 21.3 Å². The summed E-state index contributed by atoms with van der Waals surface area (Å²) in [6.45, 7) is 3.05. The maximum atomic E-state index is 12.5. The van der Waals surface area contributed by atoms with Gasteiger partial charge in [-0.1, -0.05) is 45.4 Å². The Kier molecular flexibility index (Phi) is 15.3. The molecule has 0 spiro atoms. The lowest BCUT2D eigenvalue weighted by molar-refractivity contribution is -0.145. The minimum absolute atomic E-state index is 0.0577. The van der Waals surface area contributed by atoms with Crippen LogP contribution in [0.1, 0.15) is 96.8 Å². The molecule has 0 saturated heterocycles. The highest BCUT2D eigenvalue weighted by atomic mass is 16.5. The average Bonchev–Trinajstić information content (AvgIpc) is 2.93. The monoisotopic (exact) mass is 538 g/mol. The Morgan fingerprint density at radius 3 is 1.61 bits per heavy atom. The first kappa shape index (κ1) is 32.0. The summed E-state index contributed by atoms with van der Waals surface area (Å²) < 4.78 is 9.79. The van der Waals surface area contributed by atoms with Crippen LogP contribution >= 0.6 is 0 Å². The molecule has 2 saturated carbocycles. The van der Waals surface area contributed by atoms with E-state index in [-0.39, 0.29) is 42.7 Å². The average molecular weight is 539 g/mol. The molecule has 2 rings (SSSR count). The van der Waals surface area contributed by atoms with Gasteiger partial charge in [-0.05, 0) is 44.4 Å². The van der Waals surface area contributed by atoms with Gasteiger partial charge in [0, 0.05) is 25.2 Å². The van der Waals surface area contributed by atoms with Crippen LogP contribution in [0.5, 0.6) is 0 Å². The van der Waals surface area contributed by atoms with Crippen molar-refractivity contribution in [2.24, 2.45) is 5.92 Å². The lowest BCUT2D eigenvalue weighted by Crippen LogP contribution is -2.47. The molecule has 3 unspecified atom stereocenters. The van der Waals surface area contributed by atoms with E-state index in [1.165, 1.54) is 27.1 Å². The lowest BCUT2D eigenvalue weighted by Gasteiger charge is -2.27. The number of esters is 2. The summed E-state index contributed by atoms with van der Waals surface area (Å²) in [5, 5.41) is 12.5. The number of hydrogen-bond donors (Lipinski definition) is 4. The lowest BCUT2D eigenvalue weighted by atomic mass is 9.94. The molecule has 38 heavy (non-hydrogen) atoms. The zero-order valence-electron chi connectivity index (χ0n) is 23.6. The maximum absolute atomic E-state index is 12.5. The number of amides is 2. The number of carbonyl (C=O) groups excluding carboxylic acids is 4. The van der Waals surface area contributed by atoms with Gasteiger partial charge in [-0.15, -0.1) is 0 Å². The van der Waals surface area contributed by atoms with E-state index >= 15 is 0 Å². The fourth-order valence-corrected chi connectivity index (χ4v) is 5.40. The van der Waals surface area contributed by atoms with Crippen LogP contribution in [-0.2, 0) is 28.7 Å². The smallest absolute Gasteiger partial charge is 0.323 e. The number of methoxy groups -OCH3 is 2. The van der Waals surface area contributed by atoms with Gasteiger partial charge in [0.2, 0.25) is 11.8 Å². The first-order valence-electron chi connectivity index (χ1n) is 14.5. The van der Waals surface area contributed by atoms with Crippen molar-refractivity contribution in [2.75, 3.05) is 27.3 Å². The molecule has 0 aromatic rings. The van der Waals surface area contributed by atoms with Crippen LogP contribution in [0.2, 0.25) is 0 Å². The predicted molar refractivity (Wildman–Crippen MR) is 145 cm³/mol. The van der Waals surface area contributed by atoms with E-state index in [4.69, 9.17) is 9.47 Å². The Bertz CT molecular complexity index is 737. The molecule has 2 fully saturated rings. The van der Waals surface area contributed by atoms with E-state index in [1.54, 1.807) is 0 Å². The summed E-state index contributed by atoms with van der Waals surface area (Å²) in [5.74, 6) is -0.946. The largest absolute Gasteiger partial charge is 0.468 e. The van der Waals surface area contributed by atoms with Gasteiger partial charge >= 0.3 is 11.9 Å². The van der Waals surface area contributed by atoms with Gasteiger partial charge in [-0.25, -0.2) is 0 Å². The highest BCUT2D eigenvalue weighted by Gasteiger charge is 2.27. The zero-order chi connectivity index (χ0) is 27.8. The Morgan fingerprint density at radius 1 is 0.711 bits per heavy atom. The molecule has 10 heteroatoms. The molecular formula is C28H50N4O6. The van der Waals surface area contributed by atoms with Gasteiger partial charge in [-0.3, -0.25) is 19.2 Å². The van der Waals surface area contributed by atoms with E-state index in [1.807, 2.05) is 6.92 Å². The molecular weight excluding hydrogens is 488 g/mol. The molecule has 0 bridgehead atoms. The molecule has 2 aliphatic carbocycles. The van der Waals surface area contributed by atoms with Crippen LogP contribution in [0.3, 0.4) is 0 Å². The highest BCUT2D eigenvalue weighted by Crippen LogP contribution is 2.19. The molecule has 2 amide bonds. The number of ether oxygens (including phenoxy) is 2. The van der Waals surface area contributed by atoms with Gasteiger partial charge in [0.05, 0.1) is 27.1 Å². The summed E-state index contributed by atoms with van der Waals surface area (Å²) in [7, 11) is 2.69. The van der Waals surface area contributed by atoms with Crippen molar-refractivity contribution in [2.45, 2.75) is 121 Å². The van der Waals surface area contributed by atoms with Gasteiger partial charge in [0.25, 0.3) is 0 Å². The highest BCUT2D eigenvalue weighted by molar-refractivity contribution is 5.85. The number of nitrogens with one attached hydrogen (secondary N) is 4. The summed E-state index contributed by atoms with van der Waals surface area (Å²) >= 11 is 0. The van der Waals surface area contributed by atoms with E-state index < -0.39 is 24.0 Å². The van der Waals surface area contributed by atoms with Crippen molar-refractivity contribution in [3.63, 3.8) is 0 Å². The van der Waals surface area contributed by atoms with E-state index in [0.717, 1.165) is 64.2 Å². The Balaban J connectivity index is 1.63. The van der Waals surface area contributed by atoms with Gasteiger partial charge in [-0.2, -0.15) is 0 Å². The van der Waals surface area contributed by atoms with Crippen LogP contribution in [0.15, 0.2) is 0 Å². The molecule has 3 atom stereocenters. The Morgan fingerprint density at radius 2 is 1.16 bits per heavy atom. The van der Waals surface area contributed by atoms with Crippen LogP contribution in [0, 0.1) is 5.92 Å². The first-order valence-corrected chi connectivity index (χ1v) is 14.5. The Hall–Kier alpha value is -2.20. The molecule has 0 heterocycles. The van der Waals surface area contributed by atoms with E-state index in [2.05, 4.69) is 21.3 Å². The van der Waals surface area contributed by atoms with Crippen molar-refractivity contribution in [3.05, 3.63) is 0 Å². The summed E-state index contributed by atoms with van der Waals surface area (Å²) in [4.78, 5) is 49.3. The number of carbonyl (C=O) groups is 4. The van der Waals surface area contributed by atoms with Crippen molar-refractivity contribution in [1.82, 2.24) is 21.3 Å². The van der Waals surface area contributed by atoms with Crippen molar-refractivity contribution >= 4 is 23.8 Å². The van der Waals surface area contributed by atoms with Gasteiger partial charge < -0.3 is 30.7 Å². The van der Waals surface area contributed by atoms with Crippen LogP contribution in [0.25, 0.3) is 0 Å². The van der Waals surface area contributed by atoms with Crippen molar-refractivity contribution in [3.8, 4) is 0 Å². The molecule has 0 aromatic heterocycles. The number of rotatable bonds is 16. The second kappa shape index (κ2) is 18.2.